The van der Waals surface area contributed by atoms with Crippen LogP contribution in [-0.4, -0.2) is 9.55 Å². The molecule has 0 bridgehead atoms. The second-order valence-corrected chi connectivity index (χ2v) is 4.98. The minimum atomic E-state index is 0.693. The Labute approximate surface area is 93.9 Å². The summed E-state index contributed by atoms with van der Waals surface area (Å²) in [4.78, 5) is 4.65. The lowest BCUT2D eigenvalue weighted by molar-refractivity contribution is 0.436. The van der Waals surface area contributed by atoms with E-state index in [9.17, 15) is 0 Å². The Morgan fingerprint density at radius 1 is 1.29 bits per heavy atom. The minimum Gasteiger partial charge on any atom is -0.326 e. The van der Waals surface area contributed by atoms with Crippen LogP contribution in [0.25, 0.3) is 0 Å². The SMILES string of the molecule is Cc1nc(C2CCCCC2)c(Br)n1C. The zero-order valence-corrected chi connectivity index (χ0v) is 10.5. The molecule has 1 fully saturated rings. The lowest BCUT2D eigenvalue weighted by Crippen LogP contribution is -2.05. The van der Waals surface area contributed by atoms with Gasteiger partial charge in [-0.05, 0) is 35.7 Å². The normalized spacial score (nSPS) is 18.8. The first-order valence-corrected chi connectivity index (χ1v) is 6.18. The first kappa shape index (κ1) is 10.2. The van der Waals surface area contributed by atoms with Gasteiger partial charge in [0.1, 0.15) is 10.4 Å². The van der Waals surface area contributed by atoms with Crippen LogP contribution in [0.15, 0.2) is 4.60 Å². The van der Waals surface area contributed by atoms with Crippen molar-refractivity contribution in [1.29, 1.82) is 0 Å². The summed E-state index contributed by atoms with van der Waals surface area (Å²) in [6.45, 7) is 2.07. The molecule has 1 heterocycles. The molecule has 1 aromatic rings. The van der Waals surface area contributed by atoms with Crippen LogP contribution in [0.1, 0.15) is 49.5 Å². The van der Waals surface area contributed by atoms with E-state index in [0.29, 0.717) is 5.92 Å². The molecular formula is C11H17BrN2. The average Bonchev–Trinajstić information content (AvgIpc) is 2.47. The topological polar surface area (TPSA) is 17.8 Å². The third kappa shape index (κ3) is 1.74. The molecule has 1 aliphatic rings. The molecule has 0 N–H and O–H groups in total. The fraction of sp³-hybridized carbons (Fsp3) is 0.727. The van der Waals surface area contributed by atoms with Crippen LogP contribution in [0.4, 0.5) is 0 Å². The molecule has 0 aliphatic heterocycles. The van der Waals surface area contributed by atoms with Gasteiger partial charge in [0, 0.05) is 13.0 Å². The van der Waals surface area contributed by atoms with Gasteiger partial charge in [-0.2, -0.15) is 0 Å². The molecule has 0 radical (unpaired) electrons. The molecule has 0 saturated heterocycles. The maximum atomic E-state index is 4.65. The van der Waals surface area contributed by atoms with Crippen molar-refractivity contribution in [3.63, 3.8) is 0 Å². The van der Waals surface area contributed by atoms with E-state index in [1.54, 1.807) is 0 Å². The Kier molecular flexibility index (Phi) is 2.96. The molecule has 14 heavy (non-hydrogen) atoms. The Morgan fingerprint density at radius 3 is 2.43 bits per heavy atom. The number of hydrogen-bond donors (Lipinski definition) is 0. The van der Waals surface area contributed by atoms with E-state index in [1.807, 2.05) is 0 Å². The molecule has 2 nitrogen and oxygen atoms in total. The number of nitrogens with zero attached hydrogens (tertiary/aromatic N) is 2. The molecule has 0 amide bonds. The van der Waals surface area contributed by atoms with Crippen LogP contribution >= 0.6 is 15.9 Å². The molecule has 0 aromatic carbocycles. The molecule has 1 saturated carbocycles. The van der Waals surface area contributed by atoms with Crippen molar-refractivity contribution in [2.45, 2.75) is 44.9 Å². The van der Waals surface area contributed by atoms with Gasteiger partial charge in [0.25, 0.3) is 0 Å². The van der Waals surface area contributed by atoms with E-state index in [0.717, 1.165) is 5.82 Å². The number of aromatic nitrogens is 2. The minimum absolute atomic E-state index is 0.693. The summed E-state index contributed by atoms with van der Waals surface area (Å²) in [6.07, 6.45) is 6.77. The number of aryl methyl sites for hydroxylation is 1. The maximum absolute atomic E-state index is 4.65. The van der Waals surface area contributed by atoms with E-state index < -0.39 is 0 Å². The number of hydrogen-bond acceptors (Lipinski definition) is 1. The van der Waals surface area contributed by atoms with Crippen LogP contribution in [0.5, 0.6) is 0 Å². The summed E-state index contributed by atoms with van der Waals surface area (Å²) in [7, 11) is 2.07. The van der Waals surface area contributed by atoms with E-state index in [-0.39, 0.29) is 0 Å². The van der Waals surface area contributed by atoms with E-state index in [4.69, 9.17) is 0 Å². The van der Waals surface area contributed by atoms with Crippen molar-refractivity contribution in [1.82, 2.24) is 9.55 Å². The molecule has 0 atom stereocenters. The predicted octanol–water partition coefficient (Wildman–Crippen LogP) is 3.54. The van der Waals surface area contributed by atoms with Gasteiger partial charge < -0.3 is 4.57 Å². The van der Waals surface area contributed by atoms with Crippen LogP contribution in [0, 0.1) is 6.92 Å². The highest BCUT2D eigenvalue weighted by molar-refractivity contribution is 9.10. The highest BCUT2D eigenvalue weighted by Crippen LogP contribution is 2.35. The lowest BCUT2D eigenvalue weighted by atomic mass is 9.87. The smallest absolute Gasteiger partial charge is 0.108 e. The van der Waals surface area contributed by atoms with Crippen molar-refractivity contribution in [3.8, 4) is 0 Å². The van der Waals surface area contributed by atoms with Gasteiger partial charge in [-0.15, -0.1) is 0 Å². The van der Waals surface area contributed by atoms with Crippen molar-refractivity contribution in [3.05, 3.63) is 16.1 Å². The van der Waals surface area contributed by atoms with Gasteiger partial charge in [0.2, 0.25) is 0 Å². The van der Waals surface area contributed by atoms with Crippen molar-refractivity contribution in [2.24, 2.45) is 7.05 Å². The molecule has 0 spiro atoms. The predicted molar refractivity (Wildman–Crippen MR) is 61.5 cm³/mol. The second-order valence-electron chi connectivity index (χ2n) is 4.23. The van der Waals surface area contributed by atoms with E-state index >= 15 is 0 Å². The Bertz CT molecular complexity index is 324. The fourth-order valence-electron chi connectivity index (χ4n) is 2.25. The molecule has 0 unspecified atom stereocenters. The van der Waals surface area contributed by atoms with Crippen LogP contribution in [0.3, 0.4) is 0 Å². The number of halogens is 1. The van der Waals surface area contributed by atoms with Gasteiger partial charge in [0.15, 0.2) is 0 Å². The molecule has 1 aliphatic carbocycles. The van der Waals surface area contributed by atoms with E-state index in [2.05, 4.69) is 39.5 Å². The quantitative estimate of drug-likeness (QED) is 0.752. The summed E-state index contributed by atoms with van der Waals surface area (Å²) >= 11 is 3.64. The second kappa shape index (κ2) is 4.05. The fourth-order valence-corrected chi connectivity index (χ4v) is 2.91. The largest absolute Gasteiger partial charge is 0.326 e. The third-order valence-corrected chi connectivity index (χ3v) is 4.20. The van der Waals surface area contributed by atoms with Gasteiger partial charge in [-0.25, -0.2) is 4.98 Å². The Balaban J connectivity index is 2.26. The maximum Gasteiger partial charge on any atom is 0.108 e. The number of rotatable bonds is 1. The molecular weight excluding hydrogens is 240 g/mol. The first-order chi connectivity index (χ1) is 6.70. The Morgan fingerprint density at radius 2 is 1.93 bits per heavy atom. The molecule has 3 heteroatoms. The highest BCUT2D eigenvalue weighted by Gasteiger charge is 2.21. The third-order valence-electron chi connectivity index (χ3n) is 3.27. The van der Waals surface area contributed by atoms with Crippen molar-refractivity contribution < 1.29 is 0 Å². The summed E-state index contributed by atoms with van der Waals surface area (Å²) in [6, 6.07) is 0. The van der Waals surface area contributed by atoms with Crippen LogP contribution in [-0.2, 0) is 7.05 Å². The summed E-state index contributed by atoms with van der Waals surface area (Å²) < 4.78 is 3.31. The monoisotopic (exact) mass is 256 g/mol. The molecule has 2 rings (SSSR count). The van der Waals surface area contributed by atoms with Crippen molar-refractivity contribution >= 4 is 15.9 Å². The summed E-state index contributed by atoms with van der Waals surface area (Å²) in [5, 5.41) is 0. The zero-order chi connectivity index (χ0) is 10.1. The lowest BCUT2D eigenvalue weighted by Gasteiger charge is -2.20. The molecule has 78 valence electrons. The number of imidazole rings is 1. The highest BCUT2D eigenvalue weighted by atomic mass is 79.9. The van der Waals surface area contributed by atoms with E-state index in [1.165, 1.54) is 42.4 Å². The average molecular weight is 257 g/mol. The Hall–Kier alpha value is -0.310. The summed E-state index contributed by atoms with van der Waals surface area (Å²) in [5.41, 5.74) is 1.28. The standard InChI is InChI=1S/C11H17BrN2/c1-8-13-10(11(12)14(8)2)9-6-4-3-5-7-9/h9H,3-7H2,1-2H3. The van der Waals surface area contributed by atoms with Gasteiger partial charge >= 0.3 is 0 Å². The van der Waals surface area contributed by atoms with Crippen LogP contribution in [0.2, 0.25) is 0 Å². The summed E-state index contributed by atoms with van der Waals surface area (Å²) in [5.74, 6) is 1.80. The van der Waals surface area contributed by atoms with Crippen molar-refractivity contribution in [2.75, 3.05) is 0 Å². The molecule has 1 aromatic heterocycles. The zero-order valence-electron chi connectivity index (χ0n) is 8.89. The van der Waals surface area contributed by atoms with Gasteiger partial charge in [-0.3, -0.25) is 0 Å². The van der Waals surface area contributed by atoms with Gasteiger partial charge in [-0.1, -0.05) is 19.3 Å². The van der Waals surface area contributed by atoms with Crippen LogP contribution < -0.4 is 0 Å². The first-order valence-electron chi connectivity index (χ1n) is 5.39. The van der Waals surface area contributed by atoms with Gasteiger partial charge in [0.05, 0.1) is 5.69 Å².